The van der Waals surface area contributed by atoms with Crippen LogP contribution >= 0.6 is 23.2 Å². The van der Waals surface area contributed by atoms with E-state index >= 15 is 0 Å². The van der Waals surface area contributed by atoms with E-state index in [0.717, 1.165) is 27.6 Å². The number of halogens is 2. The van der Waals surface area contributed by atoms with Crippen LogP contribution in [0.5, 0.6) is 0 Å². The summed E-state index contributed by atoms with van der Waals surface area (Å²) in [6.07, 6.45) is 1.94. The zero-order valence-corrected chi connectivity index (χ0v) is 19.1. The fourth-order valence-electron chi connectivity index (χ4n) is 3.83. The number of urea groups is 1. The van der Waals surface area contributed by atoms with Crippen LogP contribution in [0.4, 0.5) is 4.79 Å². The van der Waals surface area contributed by atoms with Crippen LogP contribution in [0.2, 0.25) is 10.0 Å². The molecular weight excluding hydrogens is 459 g/mol. The second kappa shape index (κ2) is 9.98. The van der Waals surface area contributed by atoms with E-state index in [4.69, 9.17) is 28.9 Å². The highest BCUT2D eigenvalue weighted by molar-refractivity contribution is 6.35. The molecule has 3 aromatic carbocycles. The molecule has 0 saturated carbocycles. The quantitative estimate of drug-likeness (QED) is 0.292. The Morgan fingerprint density at radius 1 is 0.939 bits per heavy atom. The number of benzene rings is 3. The minimum absolute atomic E-state index is 0.199. The zero-order chi connectivity index (χ0) is 23.4. The van der Waals surface area contributed by atoms with Gasteiger partial charge in [-0.25, -0.2) is 4.79 Å². The van der Waals surface area contributed by atoms with E-state index in [1.165, 1.54) is 0 Å². The topological polar surface area (TPSA) is 100 Å². The van der Waals surface area contributed by atoms with Gasteiger partial charge in [0.2, 0.25) is 5.91 Å². The number of primary amides is 1. The molecule has 168 valence electrons. The number of amides is 3. The van der Waals surface area contributed by atoms with Crippen LogP contribution in [0.1, 0.15) is 33.0 Å². The van der Waals surface area contributed by atoms with E-state index in [0.29, 0.717) is 22.2 Å². The van der Waals surface area contributed by atoms with Gasteiger partial charge >= 0.3 is 6.03 Å². The number of aromatic nitrogens is 1. The monoisotopic (exact) mass is 480 g/mol. The summed E-state index contributed by atoms with van der Waals surface area (Å²) in [6, 6.07) is 19.8. The van der Waals surface area contributed by atoms with E-state index in [1.807, 2.05) is 42.6 Å². The van der Waals surface area contributed by atoms with Gasteiger partial charge in [-0.1, -0.05) is 59.6 Å². The summed E-state index contributed by atoms with van der Waals surface area (Å²) in [5.41, 5.74) is 9.37. The predicted octanol–water partition coefficient (Wildman–Crippen LogP) is 5.20. The highest BCUT2D eigenvalue weighted by Crippen LogP contribution is 2.35. The molecular formula is C25H22Cl2N4O2. The highest BCUT2D eigenvalue weighted by atomic mass is 35.5. The fourth-order valence-corrected chi connectivity index (χ4v) is 4.37. The Balaban J connectivity index is 1.52. The first kappa shape index (κ1) is 22.7. The summed E-state index contributed by atoms with van der Waals surface area (Å²) >= 11 is 12.6. The molecule has 1 atom stereocenters. The highest BCUT2D eigenvalue weighted by Gasteiger charge is 2.21. The van der Waals surface area contributed by atoms with E-state index in [9.17, 15) is 9.59 Å². The van der Waals surface area contributed by atoms with Gasteiger partial charge in [0.15, 0.2) is 0 Å². The summed E-state index contributed by atoms with van der Waals surface area (Å²) in [5.74, 6) is -0.711. The minimum atomic E-state index is -0.511. The molecule has 5 N–H and O–H groups in total. The molecule has 8 heteroatoms. The predicted molar refractivity (Wildman–Crippen MR) is 132 cm³/mol. The van der Waals surface area contributed by atoms with E-state index in [2.05, 4.69) is 15.6 Å². The van der Waals surface area contributed by atoms with Gasteiger partial charge in [-0.3, -0.25) is 4.79 Å². The lowest BCUT2D eigenvalue weighted by atomic mass is 9.91. The van der Waals surface area contributed by atoms with Gasteiger partial charge in [0, 0.05) is 51.7 Å². The maximum absolute atomic E-state index is 12.6. The maximum Gasteiger partial charge on any atom is 0.315 e. The third-order valence-corrected chi connectivity index (χ3v) is 6.03. The number of aromatic amines is 1. The fraction of sp³-hybridized carbons (Fsp3) is 0.120. The molecule has 0 aliphatic heterocycles. The number of para-hydroxylation sites is 1. The Labute approximate surface area is 201 Å². The number of nitrogens with two attached hydrogens (primary N) is 1. The lowest BCUT2D eigenvalue weighted by Crippen LogP contribution is -2.37. The van der Waals surface area contributed by atoms with Crippen molar-refractivity contribution in [3.63, 3.8) is 0 Å². The van der Waals surface area contributed by atoms with Crippen molar-refractivity contribution < 1.29 is 9.59 Å². The van der Waals surface area contributed by atoms with Crippen LogP contribution < -0.4 is 16.4 Å². The second-order valence-corrected chi connectivity index (χ2v) is 8.48. The molecule has 6 nitrogen and oxygen atoms in total. The number of H-pyrrole nitrogens is 1. The number of rotatable bonds is 7. The molecule has 1 aromatic heterocycles. The largest absolute Gasteiger partial charge is 0.366 e. The molecule has 0 aliphatic rings. The maximum atomic E-state index is 12.6. The van der Waals surface area contributed by atoms with Crippen molar-refractivity contribution in [3.05, 3.63) is 105 Å². The van der Waals surface area contributed by atoms with Crippen LogP contribution in [0.3, 0.4) is 0 Å². The number of nitrogens with one attached hydrogen (secondary N) is 3. The first-order valence-electron chi connectivity index (χ1n) is 10.3. The van der Waals surface area contributed by atoms with E-state index < -0.39 is 5.91 Å². The SMILES string of the molecule is NC(=O)c1cccc(CNC(=O)NCC(c2ccc(Cl)cc2Cl)c2c[nH]c3ccccc23)c1. The van der Waals surface area contributed by atoms with E-state index in [1.54, 1.807) is 30.3 Å². The van der Waals surface area contributed by atoms with Gasteiger partial charge in [0.1, 0.15) is 0 Å². The first-order chi connectivity index (χ1) is 15.9. The zero-order valence-electron chi connectivity index (χ0n) is 17.6. The van der Waals surface area contributed by atoms with Crippen molar-refractivity contribution in [2.75, 3.05) is 6.54 Å². The molecule has 0 spiro atoms. The number of hydrogen-bond acceptors (Lipinski definition) is 2. The second-order valence-electron chi connectivity index (χ2n) is 7.64. The lowest BCUT2D eigenvalue weighted by molar-refractivity contribution is 0.1000. The molecule has 1 heterocycles. The summed E-state index contributed by atoms with van der Waals surface area (Å²) in [4.78, 5) is 27.2. The van der Waals surface area contributed by atoms with Gasteiger partial charge in [0.05, 0.1) is 0 Å². The average Bonchev–Trinajstić information content (AvgIpc) is 3.23. The number of carbonyl (C=O) groups is 2. The van der Waals surface area contributed by atoms with Gasteiger partial charge < -0.3 is 21.4 Å². The minimum Gasteiger partial charge on any atom is -0.366 e. The van der Waals surface area contributed by atoms with Gasteiger partial charge in [0.25, 0.3) is 0 Å². The molecule has 1 unspecified atom stereocenters. The number of carbonyl (C=O) groups excluding carboxylic acids is 2. The molecule has 0 bridgehead atoms. The van der Waals surface area contributed by atoms with Crippen molar-refractivity contribution in [3.8, 4) is 0 Å². The van der Waals surface area contributed by atoms with Crippen LogP contribution in [-0.4, -0.2) is 23.5 Å². The van der Waals surface area contributed by atoms with Crippen molar-refractivity contribution >= 4 is 46.0 Å². The summed E-state index contributed by atoms with van der Waals surface area (Å²) in [7, 11) is 0. The molecule has 0 aliphatic carbocycles. The van der Waals surface area contributed by atoms with Crippen molar-refractivity contribution in [1.29, 1.82) is 0 Å². The van der Waals surface area contributed by atoms with Crippen LogP contribution in [0, 0.1) is 0 Å². The molecule has 3 amide bonds. The van der Waals surface area contributed by atoms with Crippen molar-refractivity contribution in [2.24, 2.45) is 5.73 Å². The van der Waals surface area contributed by atoms with Gasteiger partial charge in [-0.2, -0.15) is 0 Å². The molecule has 0 saturated heterocycles. The van der Waals surface area contributed by atoms with Crippen LogP contribution in [0.25, 0.3) is 10.9 Å². The smallest absolute Gasteiger partial charge is 0.315 e. The molecule has 0 radical (unpaired) electrons. The summed E-state index contributed by atoms with van der Waals surface area (Å²) in [5, 5.41) is 7.88. The van der Waals surface area contributed by atoms with E-state index in [-0.39, 0.29) is 18.5 Å². The Morgan fingerprint density at radius 2 is 1.76 bits per heavy atom. The summed E-state index contributed by atoms with van der Waals surface area (Å²) < 4.78 is 0. The Bertz CT molecular complexity index is 1320. The normalized spacial score (nSPS) is 11.8. The number of fused-ring (bicyclic) bond motifs is 1. The Hall–Kier alpha value is -3.48. The Morgan fingerprint density at radius 3 is 2.55 bits per heavy atom. The standard InChI is InChI=1S/C25H22Cl2N4O2/c26-17-8-9-18(22(27)11-17)20(21-13-29-23-7-2-1-6-19(21)23)14-31-25(33)30-12-15-4-3-5-16(10-15)24(28)32/h1-11,13,20,29H,12,14H2,(H2,28,32)(H2,30,31,33). The van der Waals surface area contributed by atoms with Gasteiger partial charge in [-0.05, 0) is 47.0 Å². The first-order valence-corrected chi connectivity index (χ1v) is 11.1. The van der Waals surface area contributed by atoms with Crippen LogP contribution in [0.15, 0.2) is 72.9 Å². The summed E-state index contributed by atoms with van der Waals surface area (Å²) in [6.45, 7) is 0.572. The van der Waals surface area contributed by atoms with Crippen LogP contribution in [-0.2, 0) is 6.54 Å². The van der Waals surface area contributed by atoms with Crippen molar-refractivity contribution in [1.82, 2.24) is 15.6 Å². The molecule has 4 aromatic rings. The molecule has 4 rings (SSSR count). The van der Waals surface area contributed by atoms with Gasteiger partial charge in [-0.15, -0.1) is 0 Å². The third kappa shape index (κ3) is 5.30. The lowest BCUT2D eigenvalue weighted by Gasteiger charge is -2.20. The third-order valence-electron chi connectivity index (χ3n) is 5.47. The Kier molecular flexibility index (Phi) is 6.87. The number of hydrogen-bond donors (Lipinski definition) is 4. The average molecular weight is 481 g/mol. The van der Waals surface area contributed by atoms with Crippen molar-refractivity contribution in [2.45, 2.75) is 12.5 Å². The molecule has 0 fully saturated rings. The molecule has 33 heavy (non-hydrogen) atoms.